The molecule has 6 N–H and O–H groups in total. The number of nitrogens with one attached hydrogen (secondary N) is 4. The van der Waals surface area contributed by atoms with Crippen molar-refractivity contribution >= 4 is 50.9 Å². The number of amides is 5. The van der Waals surface area contributed by atoms with Crippen LogP contribution in [-0.2, 0) is 39.5 Å². The number of anilines is 2. The van der Waals surface area contributed by atoms with E-state index >= 15 is 4.39 Å². The van der Waals surface area contributed by atoms with Crippen molar-refractivity contribution in [3.8, 4) is 22.8 Å². The first-order chi connectivity index (χ1) is 27.5. The molecule has 0 radical (unpaired) electrons. The largest absolute Gasteiger partial charge is 0.493 e. The Hall–Kier alpha value is -5.76. The summed E-state index contributed by atoms with van der Waals surface area (Å²) in [5.41, 5.74) is 6.17. The number of carbonyl (C=O) groups excluding carboxylic acids is 5. The van der Waals surface area contributed by atoms with E-state index in [-0.39, 0.29) is 67.3 Å². The predicted molar refractivity (Wildman–Crippen MR) is 209 cm³/mol. The third-order valence-corrected chi connectivity index (χ3v) is 10.6. The number of pyridine rings is 2. The lowest BCUT2D eigenvalue weighted by atomic mass is 10.0. The minimum absolute atomic E-state index is 0.103. The van der Waals surface area contributed by atoms with Gasteiger partial charge in [0.2, 0.25) is 29.5 Å². The van der Waals surface area contributed by atoms with E-state index in [0.29, 0.717) is 24.0 Å². The van der Waals surface area contributed by atoms with Crippen LogP contribution in [0.1, 0.15) is 45.1 Å². The molecule has 312 valence electrons. The number of likely N-dealkylation sites (N-methyl/N-ethyl adjacent to an activating group) is 1. The third kappa shape index (κ3) is 11.4. The Morgan fingerprint density at radius 1 is 1.03 bits per heavy atom. The number of benzene rings is 1. The number of hydrogen-bond acceptors (Lipinski definition) is 12. The molecule has 5 rings (SSSR count). The number of hydrogen-bond donors (Lipinski definition) is 5. The van der Waals surface area contributed by atoms with Gasteiger partial charge in [0, 0.05) is 42.5 Å². The first-order valence-corrected chi connectivity index (χ1v) is 20.7. The second-order valence-electron chi connectivity index (χ2n) is 14.3. The Labute approximate surface area is 334 Å². The van der Waals surface area contributed by atoms with Crippen LogP contribution in [0.2, 0.25) is 0 Å². The number of aromatic nitrogens is 2. The lowest BCUT2D eigenvalue weighted by Crippen LogP contribution is -2.57. The fourth-order valence-electron chi connectivity index (χ4n) is 6.54. The van der Waals surface area contributed by atoms with Crippen molar-refractivity contribution in [2.24, 2.45) is 16.0 Å². The van der Waals surface area contributed by atoms with E-state index in [0.717, 1.165) is 6.20 Å². The Balaban J connectivity index is 1.34. The molecule has 4 heterocycles. The highest BCUT2D eigenvalue weighted by Crippen LogP contribution is 2.34. The van der Waals surface area contributed by atoms with Crippen molar-refractivity contribution in [1.82, 2.24) is 30.8 Å². The zero-order valence-electron chi connectivity index (χ0n) is 32.5. The number of likely N-dealkylation sites (tertiary alicyclic amines) is 1. The Bertz CT molecular complexity index is 2180. The van der Waals surface area contributed by atoms with Crippen LogP contribution in [0.3, 0.4) is 0 Å². The van der Waals surface area contributed by atoms with E-state index in [1.807, 2.05) is 0 Å². The molecule has 1 saturated heterocycles. The highest BCUT2D eigenvalue weighted by Gasteiger charge is 2.39. The lowest BCUT2D eigenvalue weighted by molar-refractivity contribution is -0.143. The fourth-order valence-corrected chi connectivity index (χ4v) is 7.89. The maximum atomic E-state index is 15.0. The molecule has 0 unspecified atom stereocenters. The third-order valence-electron chi connectivity index (χ3n) is 9.17. The van der Waals surface area contributed by atoms with E-state index in [1.54, 1.807) is 19.9 Å². The summed E-state index contributed by atoms with van der Waals surface area (Å²) in [4.78, 5) is 74.6. The van der Waals surface area contributed by atoms with Crippen molar-refractivity contribution in [3.63, 3.8) is 0 Å². The topological polar surface area (TPSA) is 236 Å². The molecule has 4 atom stereocenters. The second-order valence-corrected chi connectivity index (χ2v) is 16.7. The molecule has 20 heteroatoms. The molecule has 5 amide bonds. The average Bonchev–Trinajstić information content (AvgIpc) is 3.63. The molecule has 0 aliphatic carbocycles. The maximum Gasteiger partial charge on any atom is 0.276 e. The molecule has 1 aromatic carbocycles. The van der Waals surface area contributed by atoms with E-state index in [1.165, 1.54) is 48.5 Å². The molecule has 2 aliphatic heterocycles. The van der Waals surface area contributed by atoms with Gasteiger partial charge in [0.05, 0.1) is 47.9 Å². The highest BCUT2D eigenvalue weighted by molar-refractivity contribution is 7.92. The first-order valence-electron chi connectivity index (χ1n) is 18.6. The van der Waals surface area contributed by atoms with Crippen LogP contribution in [0.15, 0.2) is 47.0 Å². The fraction of sp³-hybridized carbons (Fsp3) is 0.447. The number of rotatable bonds is 12. The molecule has 3 aromatic rings. The number of primary amides is 1. The van der Waals surface area contributed by atoms with E-state index in [2.05, 4.69) is 35.6 Å². The number of nitrogens with zero attached hydrogens (tertiary/aromatic N) is 4. The van der Waals surface area contributed by atoms with E-state index in [4.69, 9.17) is 15.2 Å². The van der Waals surface area contributed by atoms with Crippen molar-refractivity contribution in [1.29, 1.82) is 0 Å². The van der Waals surface area contributed by atoms with Crippen LogP contribution in [0.25, 0.3) is 11.1 Å². The molecule has 4 bridgehead atoms. The summed E-state index contributed by atoms with van der Waals surface area (Å²) in [6.07, 6.45) is 2.87. The lowest BCUT2D eigenvalue weighted by Gasteiger charge is -2.29. The van der Waals surface area contributed by atoms with Gasteiger partial charge >= 0.3 is 0 Å². The SMILES string of the molecule is CNCC(=O)N[C@@H](CC(N)=O)C(=O)N1CCC[C@H]1C(=O)N[C@H](C(=O)N=[S@](C)(=O)Cc1cc2nc(c1)OCCCOc1cc(F)ccc1-c1cc(ncc1F)N2)C(C)C. The van der Waals surface area contributed by atoms with Gasteiger partial charge < -0.3 is 41.4 Å². The zero-order chi connectivity index (χ0) is 42.1. The zero-order valence-corrected chi connectivity index (χ0v) is 33.3. The van der Waals surface area contributed by atoms with Crippen LogP contribution in [-0.4, -0.2) is 106 Å². The highest BCUT2D eigenvalue weighted by atomic mass is 32.2. The van der Waals surface area contributed by atoms with Crippen molar-refractivity contribution in [3.05, 3.63) is 59.8 Å². The standard InChI is InChI=1S/C38H47F2N9O8S/c1-21(2)35(47-36(52)28-7-5-10-49(28)38(54)27(17-30(41)50)44-33(51)19-42-3)37(53)48-58(4,55)20-22-13-32-45-31-16-25(26(40)18-43-31)24-9-8-23(39)15-29(24)56-11-6-12-57-34(14-22)46-32/h8-9,13-16,18,21,27-28,35,42H,5-7,10-12,17,19-20H2,1-4H3,(H2,41,50)(H,44,51)(H,47,52)(H,43,45,46)/t27-,28-,35-,58+/m0/s1. The first kappa shape index (κ1) is 43.4. The van der Waals surface area contributed by atoms with Crippen molar-refractivity contribution < 1.29 is 46.4 Å². The van der Waals surface area contributed by atoms with Gasteiger partial charge in [0.15, 0.2) is 0 Å². The van der Waals surface area contributed by atoms with E-state index < -0.39 is 81.4 Å². The molecule has 2 aromatic heterocycles. The quantitative estimate of drug-likeness (QED) is 0.177. The Morgan fingerprint density at radius 3 is 2.52 bits per heavy atom. The monoisotopic (exact) mass is 827 g/mol. The molecule has 1 fully saturated rings. The summed E-state index contributed by atoms with van der Waals surface area (Å²) in [7, 11) is -1.78. The Kier molecular flexibility index (Phi) is 14.3. The second kappa shape index (κ2) is 19.1. The molecular formula is C38H47F2N9O8S. The number of nitrogens with two attached hydrogens (primary N) is 1. The van der Waals surface area contributed by atoms with Crippen molar-refractivity contribution in [2.75, 3.05) is 44.9 Å². The number of fused-ring (bicyclic) bond motifs is 6. The molecule has 58 heavy (non-hydrogen) atoms. The van der Waals surface area contributed by atoms with Gasteiger partial charge in [-0.2, -0.15) is 9.35 Å². The van der Waals surface area contributed by atoms with Gasteiger partial charge in [0.25, 0.3) is 5.91 Å². The van der Waals surface area contributed by atoms with Crippen molar-refractivity contribution in [2.45, 2.75) is 63.4 Å². The molecule has 0 spiro atoms. The van der Waals surface area contributed by atoms with Gasteiger partial charge in [0.1, 0.15) is 47.1 Å². The summed E-state index contributed by atoms with van der Waals surface area (Å²) in [5, 5.41) is 10.8. The summed E-state index contributed by atoms with van der Waals surface area (Å²) in [5.74, 6) is -4.83. The Morgan fingerprint density at radius 2 is 1.79 bits per heavy atom. The predicted octanol–water partition coefficient (Wildman–Crippen LogP) is 2.16. The van der Waals surface area contributed by atoms with Crippen LogP contribution in [0.4, 0.5) is 20.4 Å². The average molecular weight is 828 g/mol. The molecular weight excluding hydrogens is 781 g/mol. The van der Waals surface area contributed by atoms with Gasteiger partial charge in [-0.05, 0) is 55.6 Å². The molecule has 0 saturated carbocycles. The van der Waals surface area contributed by atoms with Crippen LogP contribution in [0, 0.1) is 17.6 Å². The summed E-state index contributed by atoms with van der Waals surface area (Å²) >= 11 is 0. The summed E-state index contributed by atoms with van der Waals surface area (Å²) in [6.45, 7) is 3.63. The van der Waals surface area contributed by atoms with E-state index in [9.17, 15) is 32.6 Å². The normalized spacial score (nSPS) is 17.2. The van der Waals surface area contributed by atoms with Crippen LogP contribution < -0.4 is 36.5 Å². The van der Waals surface area contributed by atoms with Crippen LogP contribution >= 0.6 is 0 Å². The van der Waals surface area contributed by atoms with Gasteiger partial charge in [-0.15, -0.1) is 0 Å². The number of carbonyl (C=O) groups is 5. The minimum Gasteiger partial charge on any atom is -0.493 e. The van der Waals surface area contributed by atoms with Crippen LogP contribution in [0.5, 0.6) is 11.6 Å². The summed E-state index contributed by atoms with van der Waals surface area (Å²) < 4.78 is 58.8. The van der Waals surface area contributed by atoms with Gasteiger partial charge in [-0.3, -0.25) is 24.0 Å². The number of halogens is 2. The maximum absolute atomic E-state index is 15.0. The van der Waals surface area contributed by atoms with Gasteiger partial charge in [-0.1, -0.05) is 13.8 Å². The molecule has 17 nitrogen and oxygen atoms in total. The smallest absolute Gasteiger partial charge is 0.276 e. The minimum atomic E-state index is -3.31. The van der Waals surface area contributed by atoms with Gasteiger partial charge in [-0.25, -0.2) is 18.0 Å². The molecule has 2 aliphatic rings. The number of ether oxygens (including phenoxy) is 2. The summed E-state index contributed by atoms with van der Waals surface area (Å²) in [6, 6.07) is 4.76.